The molecule has 2 aliphatic rings. The number of nitrogens with one attached hydrogen (secondary N) is 1. The third kappa shape index (κ3) is 5.09. The molecule has 188 valence electrons. The van der Waals surface area contributed by atoms with Gasteiger partial charge in [0, 0.05) is 45.0 Å². The maximum atomic E-state index is 13.2. The van der Waals surface area contributed by atoms with Crippen LogP contribution in [0.15, 0.2) is 48.5 Å². The first kappa shape index (κ1) is 24.3. The van der Waals surface area contributed by atoms with Crippen LogP contribution in [0.25, 0.3) is 0 Å². The second kappa shape index (κ2) is 10.3. The van der Waals surface area contributed by atoms with E-state index in [4.69, 9.17) is 4.98 Å². The van der Waals surface area contributed by atoms with Crippen molar-refractivity contribution < 1.29 is 9.59 Å². The number of urea groups is 1. The fourth-order valence-electron chi connectivity index (χ4n) is 5.15. The number of nitrogens with zero attached hydrogens (tertiary/aromatic N) is 4. The van der Waals surface area contributed by atoms with Gasteiger partial charge in [-0.15, -0.1) is 0 Å². The molecule has 7 nitrogen and oxygen atoms in total. The highest BCUT2D eigenvalue weighted by atomic mass is 32.1. The number of carbonyl (C=O) groups is 2. The summed E-state index contributed by atoms with van der Waals surface area (Å²) in [5.74, 6) is 0.00782. The Balaban J connectivity index is 1.20. The number of hydrogen-bond acceptors (Lipinski definition) is 5. The van der Waals surface area contributed by atoms with E-state index in [1.807, 2.05) is 43.1 Å². The lowest BCUT2D eigenvalue weighted by atomic mass is 10.0. The first-order valence-corrected chi connectivity index (χ1v) is 13.4. The highest BCUT2D eigenvalue weighted by molar-refractivity contribution is 7.17. The van der Waals surface area contributed by atoms with Gasteiger partial charge in [0.25, 0.3) is 5.91 Å². The minimum absolute atomic E-state index is 0.00646. The molecule has 3 heterocycles. The molecule has 8 heteroatoms. The number of hydrogen-bond donors (Lipinski definition) is 1. The zero-order valence-corrected chi connectivity index (χ0v) is 22.0. The van der Waals surface area contributed by atoms with Gasteiger partial charge >= 0.3 is 6.03 Å². The van der Waals surface area contributed by atoms with Crippen molar-refractivity contribution in [1.82, 2.24) is 14.8 Å². The zero-order valence-electron chi connectivity index (χ0n) is 21.2. The average Bonchev–Trinajstić information content (AvgIpc) is 3.17. The summed E-state index contributed by atoms with van der Waals surface area (Å²) in [6.45, 7) is 6.92. The number of carbonyl (C=O) groups excluding carboxylic acids is 2. The number of aromatic nitrogens is 1. The van der Waals surface area contributed by atoms with Crippen LogP contribution in [0.3, 0.4) is 0 Å². The standard InChI is InChI=1S/C28H33N5O2S/c1-19-7-6-8-21(17-19)18-31(3)26(34)25-20(2)29-28(36-25)32-14-12-23(13-15-32)33-16-11-22-9-4-5-10-24(22)30-27(33)35/h4-10,17,23H,11-16,18H2,1-3H3,(H,30,35). The van der Waals surface area contributed by atoms with Gasteiger partial charge in [0.2, 0.25) is 0 Å². The zero-order chi connectivity index (χ0) is 25.2. The molecule has 0 saturated carbocycles. The summed E-state index contributed by atoms with van der Waals surface area (Å²) in [4.78, 5) is 37.6. The highest BCUT2D eigenvalue weighted by Gasteiger charge is 2.31. The molecule has 0 atom stereocenters. The van der Waals surface area contributed by atoms with Crippen LogP contribution >= 0.6 is 11.3 Å². The van der Waals surface area contributed by atoms with Gasteiger partial charge in [-0.3, -0.25) is 4.79 Å². The van der Waals surface area contributed by atoms with Crippen LogP contribution in [0.5, 0.6) is 0 Å². The van der Waals surface area contributed by atoms with Crippen molar-refractivity contribution in [3.05, 3.63) is 75.8 Å². The molecule has 0 aliphatic carbocycles. The number of thiazole rings is 1. The fraction of sp³-hybridized carbons (Fsp3) is 0.393. The summed E-state index contributed by atoms with van der Waals surface area (Å²) in [6, 6.07) is 16.5. The molecular weight excluding hydrogens is 470 g/mol. The Morgan fingerprint density at radius 2 is 1.89 bits per heavy atom. The lowest BCUT2D eigenvalue weighted by Crippen LogP contribution is -2.48. The minimum atomic E-state index is -0.00646. The van der Waals surface area contributed by atoms with Gasteiger partial charge in [-0.2, -0.15) is 0 Å². The minimum Gasteiger partial charge on any atom is -0.348 e. The van der Waals surface area contributed by atoms with Gasteiger partial charge in [-0.05, 0) is 50.3 Å². The summed E-state index contributed by atoms with van der Waals surface area (Å²) in [5.41, 5.74) is 5.20. The first-order chi connectivity index (χ1) is 17.4. The summed E-state index contributed by atoms with van der Waals surface area (Å²) in [6.07, 6.45) is 2.64. The SMILES string of the molecule is Cc1cccc(CN(C)C(=O)c2sc(N3CCC(N4CCc5ccccc5NC4=O)CC3)nc2C)c1. The lowest BCUT2D eigenvalue weighted by molar-refractivity contribution is 0.0789. The second-order valence-electron chi connectivity index (χ2n) is 9.81. The molecule has 1 saturated heterocycles. The molecule has 3 aromatic rings. The van der Waals surface area contributed by atoms with E-state index in [1.165, 1.54) is 22.5 Å². The molecule has 1 N–H and O–H groups in total. The van der Waals surface area contributed by atoms with Crippen LogP contribution in [0, 0.1) is 13.8 Å². The van der Waals surface area contributed by atoms with Crippen LogP contribution in [0.4, 0.5) is 15.6 Å². The van der Waals surface area contributed by atoms with Gasteiger partial charge < -0.3 is 20.0 Å². The van der Waals surface area contributed by atoms with E-state index < -0.39 is 0 Å². The molecule has 36 heavy (non-hydrogen) atoms. The van der Waals surface area contributed by atoms with E-state index in [9.17, 15) is 9.59 Å². The number of benzene rings is 2. The summed E-state index contributed by atoms with van der Waals surface area (Å²) in [5, 5.41) is 3.98. The Morgan fingerprint density at radius 3 is 2.67 bits per heavy atom. The molecule has 2 aromatic carbocycles. The third-order valence-electron chi connectivity index (χ3n) is 7.15. The van der Waals surface area contributed by atoms with E-state index >= 15 is 0 Å². The van der Waals surface area contributed by atoms with E-state index in [-0.39, 0.29) is 18.0 Å². The Labute approximate surface area is 216 Å². The van der Waals surface area contributed by atoms with E-state index in [2.05, 4.69) is 41.4 Å². The van der Waals surface area contributed by atoms with Crippen molar-refractivity contribution in [2.24, 2.45) is 0 Å². The van der Waals surface area contributed by atoms with Gasteiger partial charge in [0.05, 0.1) is 5.69 Å². The Kier molecular flexibility index (Phi) is 6.96. The molecule has 1 fully saturated rings. The van der Waals surface area contributed by atoms with Gasteiger partial charge in [0.1, 0.15) is 4.88 Å². The molecule has 5 rings (SSSR count). The normalized spacial score (nSPS) is 16.4. The van der Waals surface area contributed by atoms with Crippen molar-refractivity contribution in [3.63, 3.8) is 0 Å². The van der Waals surface area contributed by atoms with Gasteiger partial charge in [-0.1, -0.05) is 59.4 Å². The van der Waals surface area contributed by atoms with Gasteiger partial charge in [0.15, 0.2) is 5.13 Å². The van der Waals surface area contributed by atoms with Crippen molar-refractivity contribution >= 4 is 34.1 Å². The number of aryl methyl sites for hydroxylation is 2. The number of rotatable bonds is 5. The smallest absolute Gasteiger partial charge is 0.322 e. The van der Waals surface area contributed by atoms with Crippen molar-refractivity contribution in [3.8, 4) is 0 Å². The predicted octanol–water partition coefficient (Wildman–Crippen LogP) is 5.09. The van der Waals surface area contributed by atoms with Gasteiger partial charge in [-0.25, -0.2) is 9.78 Å². The molecule has 0 bridgehead atoms. The number of fused-ring (bicyclic) bond motifs is 1. The molecule has 2 aliphatic heterocycles. The topological polar surface area (TPSA) is 68.8 Å². The Hall–Kier alpha value is -3.39. The Bertz CT molecular complexity index is 1260. The van der Waals surface area contributed by atoms with Crippen LogP contribution < -0.4 is 10.2 Å². The Morgan fingerprint density at radius 1 is 1.11 bits per heavy atom. The van der Waals surface area contributed by atoms with E-state index in [0.29, 0.717) is 11.4 Å². The number of piperidine rings is 1. The monoisotopic (exact) mass is 503 g/mol. The van der Waals surface area contributed by atoms with Crippen LogP contribution in [0.2, 0.25) is 0 Å². The number of amides is 3. The second-order valence-corrected chi connectivity index (χ2v) is 10.8. The fourth-order valence-corrected chi connectivity index (χ4v) is 6.27. The van der Waals surface area contributed by atoms with Crippen LogP contribution in [0.1, 0.15) is 44.9 Å². The number of anilines is 2. The molecule has 0 radical (unpaired) electrons. The predicted molar refractivity (Wildman–Crippen MR) is 145 cm³/mol. The summed E-state index contributed by atoms with van der Waals surface area (Å²) < 4.78 is 0. The largest absolute Gasteiger partial charge is 0.348 e. The lowest BCUT2D eigenvalue weighted by Gasteiger charge is -2.37. The van der Waals surface area contributed by atoms with Crippen molar-refractivity contribution in [1.29, 1.82) is 0 Å². The highest BCUT2D eigenvalue weighted by Crippen LogP contribution is 2.31. The molecule has 0 unspecified atom stereocenters. The maximum absolute atomic E-state index is 13.2. The van der Waals surface area contributed by atoms with Crippen LogP contribution in [-0.4, -0.2) is 59.4 Å². The van der Waals surface area contributed by atoms with E-state index in [0.717, 1.165) is 61.0 Å². The summed E-state index contributed by atoms with van der Waals surface area (Å²) in [7, 11) is 1.85. The molecule has 1 aromatic heterocycles. The number of para-hydroxylation sites is 1. The molecule has 0 spiro atoms. The summed E-state index contributed by atoms with van der Waals surface area (Å²) >= 11 is 1.48. The van der Waals surface area contributed by atoms with E-state index in [1.54, 1.807) is 4.90 Å². The first-order valence-electron chi connectivity index (χ1n) is 12.6. The molecular formula is C28H33N5O2S. The maximum Gasteiger partial charge on any atom is 0.322 e. The quantitative estimate of drug-likeness (QED) is 0.527. The third-order valence-corrected chi connectivity index (χ3v) is 8.35. The molecule has 3 amide bonds. The average molecular weight is 504 g/mol. The van der Waals surface area contributed by atoms with Crippen molar-refractivity contribution in [2.75, 3.05) is 36.9 Å². The van der Waals surface area contributed by atoms with Crippen molar-refractivity contribution in [2.45, 2.75) is 45.7 Å². The van der Waals surface area contributed by atoms with Crippen LogP contribution in [-0.2, 0) is 13.0 Å².